The van der Waals surface area contributed by atoms with Gasteiger partial charge in [-0.1, -0.05) is 15.9 Å². The Morgan fingerprint density at radius 1 is 0.789 bits per heavy atom. The lowest BCUT2D eigenvalue weighted by Crippen LogP contribution is -2.08. The maximum atomic E-state index is 13.6. The molecule has 0 heterocycles. The van der Waals surface area contributed by atoms with Gasteiger partial charge in [-0.25, -0.2) is 17.6 Å². The molecule has 2 aromatic carbocycles. The Hall–Kier alpha value is -1.69. The van der Waals surface area contributed by atoms with Crippen LogP contribution < -0.4 is 0 Å². The van der Waals surface area contributed by atoms with Gasteiger partial charge in [0.15, 0.2) is 17.4 Å². The molecule has 0 N–H and O–H groups in total. The summed E-state index contributed by atoms with van der Waals surface area (Å²) in [7, 11) is 0. The van der Waals surface area contributed by atoms with Gasteiger partial charge in [-0.2, -0.15) is 0 Å². The summed E-state index contributed by atoms with van der Waals surface area (Å²) in [5.41, 5.74) is -1.15. The lowest BCUT2D eigenvalue weighted by molar-refractivity contribution is 0.103. The fourth-order valence-electron chi connectivity index (χ4n) is 1.52. The van der Waals surface area contributed by atoms with Gasteiger partial charge in [-0.3, -0.25) is 4.79 Å². The van der Waals surface area contributed by atoms with E-state index in [0.717, 1.165) is 12.1 Å². The fraction of sp³-hybridized carbons (Fsp3) is 0. The van der Waals surface area contributed by atoms with Gasteiger partial charge >= 0.3 is 0 Å². The first-order chi connectivity index (χ1) is 8.90. The molecule has 0 aromatic heterocycles. The molecular formula is C13H5BrF4O. The van der Waals surface area contributed by atoms with E-state index in [0.29, 0.717) is 10.5 Å². The van der Waals surface area contributed by atoms with E-state index in [1.807, 2.05) is 0 Å². The van der Waals surface area contributed by atoms with Gasteiger partial charge in [0, 0.05) is 10.5 Å². The highest BCUT2D eigenvalue weighted by atomic mass is 79.9. The van der Waals surface area contributed by atoms with Crippen LogP contribution in [0.5, 0.6) is 0 Å². The van der Waals surface area contributed by atoms with Crippen LogP contribution in [0.25, 0.3) is 0 Å². The fourth-order valence-corrected chi connectivity index (χ4v) is 1.85. The SMILES string of the molecule is O=C(c1ccc(Br)cc1F)c1cc(F)c(F)cc1F. The molecule has 1 nitrogen and oxygen atoms in total. The summed E-state index contributed by atoms with van der Waals surface area (Å²) in [5.74, 6) is -5.97. The average molecular weight is 333 g/mol. The van der Waals surface area contributed by atoms with Crippen LogP contribution in [0.1, 0.15) is 15.9 Å². The number of hydrogen-bond donors (Lipinski definition) is 0. The van der Waals surface area contributed by atoms with Gasteiger partial charge in [-0.05, 0) is 24.3 Å². The third-order valence-corrected chi connectivity index (χ3v) is 2.92. The quantitative estimate of drug-likeness (QED) is 0.457. The second-order valence-corrected chi connectivity index (χ2v) is 4.62. The normalized spacial score (nSPS) is 10.6. The van der Waals surface area contributed by atoms with E-state index >= 15 is 0 Å². The highest BCUT2D eigenvalue weighted by Crippen LogP contribution is 2.21. The third kappa shape index (κ3) is 2.68. The molecule has 0 saturated heterocycles. The second-order valence-electron chi connectivity index (χ2n) is 3.70. The molecule has 0 aliphatic carbocycles. The van der Waals surface area contributed by atoms with Crippen LogP contribution in [0.15, 0.2) is 34.8 Å². The predicted octanol–water partition coefficient (Wildman–Crippen LogP) is 4.24. The van der Waals surface area contributed by atoms with Gasteiger partial charge in [0.25, 0.3) is 0 Å². The Morgan fingerprint density at radius 3 is 2.00 bits per heavy atom. The zero-order chi connectivity index (χ0) is 14.2. The number of rotatable bonds is 2. The smallest absolute Gasteiger partial charge is 0.199 e. The Labute approximate surface area is 114 Å². The summed E-state index contributed by atoms with van der Waals surface area (Å²) < 4.78 is 53.1. The Morgan fingerprint density at radius 2 is 1.37 bits per heavy atom. The molecule has 0 saturated carbocycles. The van der Waals surface area contributed by atoms with Crippen molar-refractivity contribution in [2.45, 2.75) is 0 Å². The zero-order valence-electron chi connectivity index (χ0n) is 9.18. The maximum absolute atomic E-state index is 13.6. The summed E-state index contributed by atoms with van der Waals surface area (Å²) in [6.07, 6.45) is 0. The van der Waals surface area contributed by atoms with Crippen LogP contribution in [0.2, 0.25) is 0 Å². The number of ketones is 1. The standard InChI is InChI=1S/C13H5BrF4O/c14-6-1-2-7(9(15)3-6)13(19)8-4-11(17)12(18)5-10(8)16/h1-5H. The van der Waals surface area contributed by atoms with E-state index < -0.39 is 40.2 Å². The van der Waals surface area contributed by atoms with E-state index in [9.17, 15) is 22.4 Å². The molecule has 2 aromatic rings. The second kappa shape index (κ2) is 5.13. The monoisotopic (exact) mass is 332 g/mol. The number of halogens is 5. The van der Waals surface area contributed by atoms with Crippen molar-refractivity contribution in [2.24, 2.45) is 0 Å². The van der Waals surface area contributed by atoms with Crippen LogP contribution in [0.4, 0.5) is 17.6 Å². The average Bonchev–Trinajstić information content (AvgIpc) is 2.33. The molecule has 98 valence electrons. The molecule has 0 aliphatic heterocycles. The zero-order valence-corrected chi connectivity index (χ0v) is 10.8. The van der Waals surface area contributed by atoms with Crippen LogP contribution in [0, 0.1) is 23.3 Å². The number of carbonyl (C=O) groups excluding carboxylic acids is 1. The predicted molar refractivity (Wildman–Crippen MR) is 63.8 cm³/mol. The topological polar surface area (TPSA) is 17.1 Å². The lowest BCUT2D eigenvalue weighted by atomic mass is 10.0. The number of carbonyl (C=O) groups is 1. The van der Waals surface area contributed by atoms with Crippen molar-refractivity contribution < 1.29 is 22.4 Å². The van der Waals surface area contributed by atoms with Crippen LogP contribution >= 0.6 is 15.9 Å². The molecule has 0 amide bonds. The third-order valence-electron chi connectivity index (χ3n) is 2.43. The molecule has 2 rings (SSSR count). The first kappa shape index (κ1) is 13.7. The Bertz CT molecular complexity index is 670. The van der Waals surface area contributed by atoms with E-state index in [4.69, 9.17) is 0 Å². The summed E-state index contributed by atoms with van der Waals surface area (Å²) in [5, 5.41) is 0. The van der Waals surface area contributed by atoms with Crippen molar-refractivity contribution in [3.8, 4) is 0 Å². The molecule has 0 radical (unpaired) electrons. The minimum atomic E-state index is -1.41. The van der Waals surface area contributed by atoms with Crippen LogP contribution in [-0.2, 0) is 0 Å². The van der Waals surface area contributed by atoms with Crippen molar-refractivity contribution >= 4 is 21.7 Å². The maximum Gasteiger partial charge on any atom is 0.199 e. The van der Waals surface area contributed by atoms with Crippen molar-refractivity contribution in [3.63, 3.8) is 0 Å². The van der Waals surface area contributed by atoms with Crippen LogP contribution in [-0.4, -0.2) is 5.78 Å². The summed E-state index contributed by atoms with van der Waals surface area (Å²) in [6, 6.07) is 4.19. The summed E-state index contributed by atoms with van der Waals surface area (Å²) in [6.45, 7) is 0. The number of benzene rings is 2. The van der Waals surface area contributed by atoms with E-state index in [2.05, 4.69) is 15.9 Å². The van der Waals surface area contributed by atoms with Gasteiger partial charge in [0.05, 0.1) is 11.1 Å². The van der Waals surface area contributed by atoms with E-state index in [1.54, 1.807) is 0 Å². The molecular weight excluding hydrogens is 328 g/mol. The minimum Gasteiger partial charge on any atom is -0.288 e. The molecule has 0 unspecified atom stereocenters. The molecule has 0 atom stereocenters. The van der Waals surface area contributed by atoms with Gasteiger partial charge in [-0.15, -0.1) is 0 Å². The Balaban J connectivity index is 2.53. The number of hydrogen-bond acceptors (Lipinski definition) is 1. The molecule has 0 aliphatic rings. The lowest BCUT2D eigenvalue weighted by Gasteiger charge is -2.05. The molecule has 6 heteroatoms. The first-order valence-electron chi connectivity index (χ1n) is 5.04. The van der Waals surface area contributed by atoms with Crippen molar-refractivity contribution in [1.29, 1.82) is 0 Å². The van der Waals surface area contributed by atoms with Gasteiger partial charge in [0.2, 0.25) is 0 Å². The van der Waals surface area contributed by atoms with Crippen molar-refractivity contribution in [2.75, 3.05) is 0 Å². The van der Waals surface area contributed by atoms with E-state index in [1.165, 1.54) is 6.07 Å². The van der Waals surface area contributed by atoms with Crippen molar-refractivity contribution in [3.05, 3.63) is 69.2 Å². The Kier molecular flexibility index (Phi) is 3.71. The van der Waals surface area contributed by atoms with Gasteiger partial charge < -0.3 is 0 Å². The molecule has 0 bridgehead atoms. The summed E-state index contributed by atoms with van der Waals surface area (Å²) >= 11 is 3.00. The largest absolute Gasteiger partial charge is 0.288 e. The van der Waals surface area contributed by atoms with Crippen LogP contribution in [0.3, 0.4) is 0 Å². The molecule has 19 heavy (non-hydrogen) atoms. The van der Waals surface area contributed by atoms with Crippen molar-refractivity contribution in [1.82, 2.24) is 0 Å². The molecule has 0 fully saturated rings. The van der Waals surface area contributed by atoms with E-state index in [-0.39, 0.29) is 6.07 Å². The highest BCUT2D eigenvalue weighted by Gasteiger charge is 2.20. The minimum absolute atomic E-state index is 0.249. The summed E-state index contributed by atoms with van der Waals surface area (Å²) in [4.78, 5) is 11.9. The van der Waals surface area contributed by atoms with Gasteiger partial charge in [0.1, 0.15) is 11.6 Å². The highest BCUT2D eigenvalue weighted by molar-refractivity contribution is 9.10. The molecule has 0 spiro atoms. The first-order valence-corrected chi connectivity index (χ1v) is 5.83.